The van der Waals surface area contributed by atoms with Crippen LogP contribution >= 0.6 is 11.6 Å². The van der Waals surface area contributed by atoms with Crippen LogP contribution in [0.1, 0.15) is 45.1 Å². The topological polar surface area (TPSA) is 70.0 Å². The van der Waals surface area contributed by atoms with Crippen LogP contribution in [0.2, 0.25) is 5.02 Å². The van der Waals surface area contributed by atoms with Gasteiger partial charge in [0.1, 0.15) is 6.07 Å². The zero-order valence-electron chi connectivity index (χ0n) is 12.2. The van der Waals surface area contributed by atoms with Crippen molar-refractivity contribution < 1.29 is 8.42 Å². The van der Waals surface area contributed by atoms with Gasteiger partial charge in [-0.2, -0.15) is 5.26 Å². The minimum Gasteiger partial charge on any atom is -0.208 e. The molecule has 0 saturated heterocycles. The Kier molecular flexibility index (Phi) is 4.62. The van der Waals surface area contributed by atoms with E-state index < -0.39 is 10.0 Å². The minimum atomic E-state index is -3.60. The summed E-state index contributed by atoms with van der Waals surface area (Å²) in [6, 6.07) is 6.05. The number of nitriles is 1. The fourth-order valence-electron chi connectivity index (χ4n) is 2.84. The van der Waals surface area contributed by atoms with Crippen LogP contribution in [0.4, 0.5) is 0 Å². The number of nitrogens with zero attached hydrogens (tertiary/aromatic N) is 1. The van der Waals surface area contributed by atoms with Gasteiger partial charge in [-0.25, -0.2) is 13.1 Å². The van der Waals surface area contributed by atoms with E-state index in [0.29, 0.717) is 0 Å². The van der Waals surface area contributed by atoms with Crippen LogP contribution in [-0.4, -0.2) is 14.5 Å². The average molecular weight is 327 g/mol. The molecule has 4 nitrogen and oxygen atoms in total. The summed E-state index contributed by atoms with van der Waals surface area (Å²) in [6.45, 7) is 4.32. The van der Waals surface area contributed by atoms with E-state index in [-0.39, 0.29) is 26.9 Å². The zero-order valence-corrected chi connectivity index (χ0v) is 13.8. The number of halogens is 1. The van der Waals surface area contributed by atoms with Crippen LogP contribution in [0, 0.1) is 16.7 Å². The average Bonchev–Trinajstić information content (AvgIpc) is 2.36. The van der Waals surface area contributed by atoms with Gasteiger partial charge < -0.3 is 0 Å². The van der Waals surface area contributed by atoms with E-state index in [1.165, 1.54) is 18.2 Å². The van der Waals surface area contributed by atoms with Gasteiger partial charge in [-0.3, -0.25) is 0 Å². The molecule has 21 heavy (non-hydrogen) atoms. The summed E-state index contributed by atoms with van der Waals surface area (Å²) >= 11 is 5.91. The van der Waals surface area contributed by atoms with Gasteiger partial charge in [-0.1, -0.05) is 31.9 Å². The first-order valence-corrected chi connectivity index (χ1v) is 8.82. The lowest BCUT2D eigenvalue weighted by Gasteiger charge is -2.35. The molecule has 0 radical (unpaired) electrons. The van der Waals surface area contributed by atoms with E-state index >= 15 is 0 Å². The molecular formula is C15H19ClN2O2S. The maximum Gasteiger partial charge on any atom is 0.240 e. The van der Waals surface area contributed by atoms with Crippen LogP contribution < -0.4 is 4.72 Å². The summed E-state index contributed by atoms with van der Waals surface area (Å²) in [5, 5.41) is 8.99. The summed E-state index contributed by atoms with van der Waals surface area (Å²) in [5.41, 5.74) is 0.433. The van der Waals surface area contributed by atoms with Crippen molar-refractivity contribution in [2.24, 2.45) is 5.41 Å². The standard InChI is InChI=1S/C15H19ClN2O2S/c1-15(2)7-3-4-12(9-15)18-21(19,20)13-6-5-11(10-17)14(16)8-13/h5-6,8,12,18H,3-4,7,9H2,1-2H3. The van der Waals surface area contributed by atoms with Gasteiger partial charge in [-0.05, 0) is 42.9 Å². The van der Waals surface area contributed by atoms with Crippen LogP contribution in [0.3, 0.4) is 0 Å². The van der Waals surface area contributed by atoms with E-state index in [1.54, 1.807) is 0 Å². The molecule has 1 aromatic carbocycles. The summed E-state index contributed by atoms with van der Waals surface area (Å²) in [5.74, 6) is 0. The van der Waals surface area contributed by atoms with Gasteiger partial charge in [0.05, 0.1) is 15.5 Å². The third-order valence-corrected chi connectivity index (χ3v) is 5.73. The number of hydrogen-bond donors (Lipinski definition) is 1. The maximum atomic E-state index is 12.4. The molecule has 1 aliphatic carbocycles. The molecule has 114 valence electrons. The lowest BCUT2D eigenvalue weighted by molar-refractivity contribution is 0.212. The fourth-order valence-corrected chi connectivity index (χ4v) is 4.42. The molecule has 2 rings (SSSR count). The van der Waals surface area contributed by atoms with Crippen molar-refractivity contribution in [3.63, 3.8) is 0 Å². The van der Waals surface area contributed by atoms with Gasteiger partial charge >= 0.3 is 0 Å². The second-order valence-electron chi connectivity index (χ2n) is 6.33. The van der Waals surface area contributed by atoms with Crippen molar-refractivity contribution in [2.45, 2.75) is 50.5 Å². The van der Waals surface area contributed by atoms with Crippen molar-refractivity contribution in [3.05, 3.63) is 28.8 Å². The van der Waals surface area contributed by atoms with Gasteiger partial charge in [0, 0.05) is 6.04 Å². The highest BCUT2D eigenvalue weighted by atomic mass is 35.5. The first-order valence-electron chi connectivity index (χ1n) is 6.95. The van der Waals surface area contributed by atoms with E-state index in [9.17, 15) is 8.42 Å². The molecule has 0 spiro atoms. The third-order valence-electron chi connectivity index (χ3n) is 3.90. The molecule has 1 aromatic rings. The van der Waals surface area contributed by atoms with E-state index in [4.69, 9.17) is 16.9 Å². The number of benzene rings is 1. The predicted molar refractivity (Wildman–Crippen MR) is 82.5 cm³/mol. The smallest absolute Gasteiger partial charge is 0.208 e. The maximum absolute atomic E-state index is 12.4. The Bertz CT molecular complexity index is 677. The predicted octanol–water partition coefficient (Wildman–Crippen LogP) is 3.46. The normalized spacial score (nSPS) is 21.7. The SMILES string of the molecule is CC1(C)CCCC(NS(=O)(=O)c2ccc(C#N)c(Cl)c2)C1. The highest BCUT2D eigenvalue weighted by molar-refractivity contribution is 7.89. The molecule has 1 fully saturated rings. The first kappa shape index (κ1) is 16.3. The Morgan fingerprint density at radius 2 is 2.14 bits per heavy atom. The summed E-state index contributed by atoms with van der Waals surface area (Å²) < 4.78 is 27.6. The molecule has 1 N–H and O–H groups in total. The van der Waals surface area contributed by atoms with Crippen molar-refractivity contribution in [2.75, 3.05) is 0 Å². The number of hydrogen-bond acceptors (Lipinski definition) is 3. The first-order chi connectivity index (χ1) is 9.73. The Labute approximate surface area is 131 Å². The number of sulfonamides is 1. The van der Waals surface area contributed by atoms with Crippen LogP contribution in [0.15, 0.2) is 23.1 Å². The third kappa shape index (κ3) is 3.97. The molecule has 0 aromatic heterocycles. The monoisotopic (exact) mass is 326 g/mol. The summed E-state index contributed by atoms with van der Waals surface area (Å²) in [7, 11) is -3.60. The zero-order chi connectivity index (χ0) is 15.7. The molecule has 1 aliphatic rings. The molecular weight excluding hydrogens is 308 g/mol. The highest BCUT2D eigenvalue weighted by Crippen LogP contribution is 2.35. The molecule has 0 heterocycles. The lowest BCUT2D eigenvalue weighted by atomic mass is 9.75. The Morgan fingerprint density at radius 3 is 2.71 bits per heavy atom. The molecule has 0 bridgehead atoms. The molecule has 1 unspecified atom stereocenters. The van der Waals surface area contributed by atoms with Crippen LogP contribution in [0.25, 0.3) is 0 Å². The Morgan fingerprint density at radius 1 is 1.43 bits per heavy atom. The number of nitrogens with one attached hydrogen (secondary N) is 1. The van der Waals surface area contributed by atoms with Crippen molar-refractivity contribution in [1.29, 1.82) is 5.26 Å². The summed E-state index contributed by atoms with van der Waals surface area (Å²) in [4.78, 5) is 0.106. The van der Waals surface area contributed by atoms with E-state index in [1.807, 2.05) is 6.07 Å². The van der Waals surface area contributed by atoms with Crippen molar-refractivity contribution >= 4 is 21.6 Å². The molecule has 1 atom stereocenters. The molecule has 1 saturated carbocycles. The second-order valence-corrected chi connectivity index (χ2v) is 8.45. The highest BCUT2D eigenvalue weighted by Gasteiger charge is 2.30. The van der Waals surface area contributed by atoms with Crippen molar-refractivity contribution in [3.8, 4) is 6.07 Å². The molecule has 0 aliphatic heterocycles. The van der Waals surface area contributed by atoms with Gasteiger partial charge in [0.25, 0.3) is 0 Å². The van der Waals surface area contributed by atoms with Crippen LogP contribution in [-0.2, 0) is 10.0 Å². The van der Waals surface area contributed by atoms with Gasteiger partial charge in [0.15, 0.2) is 0 Å². The minimum absolute atomic E-state index is 0.0480. The van der Waals surface area contributed by atoms with Crippen molar-refractivity contribution in [1.82, 2.24) is 4.72 Å². The molecule has 6 heteroatoms. The van der Waals surface area contributed by atoms with Gasteiger partial charge in [-0.15, -0.1) is 0 Å². The van der Waals surface area contributed by atoms with E-state index in [0.717, 1.165) is 25.7 Å². The second kappa shape index (κ2) is 5.96. The fraction of sp³-hybridized carbons (Fsp3) is 0.533. The van der Waals surface area contributed by atoms with Gasteiger partial charge in [0.2, 0.25) is 10.0 Å². The summed E-state index contributed by atoms with van der Waals surface area (Å²) in [6.07, 6.45) is 3.82. The molecule has 0 amide bonds. The Balaban J connectivity index is 2.19. The quantitative estimate of drug-likeness (QED) is 0.924. The lowest BCUT2D eigenvalue weighted by Crippen LogP contribution is -2.40. The number of rotatable bonds is 3. The largest absolute Gasteiger partial charge is 0.240 e. The Hall–Kier alpha value is -1.09. The van der Waals surface area contributed by atoms with Crippen LogP contribution in [0.5, 0.6) is 0 Å². The van der Waals surface area contributed by atoms with E-state index in [2.05, 4.69) is 18.6 Å².